The van der Waals surface area contributed by atoms with Gasteiger partial charge in [-0.2, -0.15) is 0 Å². The van der Waals surface area contributed by atoms with E-state index < -0.39 is 47.8 Å². The third-order valence-electron chi connectivity index (χ3n) is 2.96. The second-order valence-electron chi connectivity index (χ2n) is 4.89. The summed E-state index contributed by atoms with van der Waals surface area (Å²) in [7, 11) is 0. The van der Waals surface area contributed by atoms with Crippen molar-refractivity contribution in [2.75, 3.05) is 5.75 Å². The minimum Gasteiger partial charge on any atom is -0.456 e. The summed E-state index contributed by atoms with van der Waals surface area (Å²) in [6.45, 7) is 7.42. The first-order valence-corrected chi connectivity index (χ1v) is 8.09. The van der Waals surface area contributed by atoms with Gasteiger partial charge in [0.15, 0.2) is 18.3 Å². The lowest BCUT2D eigenvalue weighted by atomic mass is 10.00. The topological polar surface area (TPSA) is 88.1 Å². The van der Waals surface area contributed by atoms with Crippen LogP contribution in [0.1, 0.15) is 34.6 Å². The molecule has 7 nitrogen and oxygen atoms in total. The summed E-state index contributed by atoms with van der Waals surface area (Å²) in [4.78, 5) is 34.1. The van der Waals surface area contributed by atoms with Crippen LogP contribution >= 0.6 is 11.8 Å². The van der Waals surface area contributed by atoms with Gasteiger partial charge in [-0.15, -0.1) is 11.8 Å². The minimum absolute atomic E-state index is 0.496. The maximum atomic E-state index is 11.4. The van der Waals surface area contributed by atoms with Crippen LogP contribution in [0.25, 0.3) is 0 Å². The molecule has 1 aliphatic heterocycles. The van der Waals surface area contributed by atoms with Crippen molar-refractivity contribution in [3.8, 4) is 0 Å². The second kappa shape index (κ2) is 8.38. The van der Waals surface area contributed by atoms with Gasteiger partial charge in [0.2, 0.25) is 0 Å². The summed E-state index contributed by atoms with van der Waals surface area (Å²) >= 11 is 1.43. The van der Waals surface area contributed by atoms with E-state index in [0.717, 1.165) is 5.75 Å². The second-order valence-corrected chi connectivity index (χ2v) is 6.26. The number of thioether (sulfide) groups is 1. The molecule has 0 N–H and O–H groups in total. The Bertz CT molecular complexity index is 425. The van der Waals surface area contributed by atoms with Gasteiger partial charge in [0.05, 0.1) is 6.10 Å². The third-order valence-corrected chi connectivity index (χ3v) is 4.01. The van der Waals surface area contributed by atoms with Gasteiger partial charge in [-0.3, -0.25) is 14.4 Å². The molecule has 0 spiro atoms. The third kappa shape index (κ3) is 5.17. The predicted molar refractivity (Wildman–Crippen MR) is 79.1 cm³/mol. The Morgan fingerprint density at radius 3 is 1.82 bits per heavy atom. The largest absolute Gasteiger partial charge is 0.456 e. The van der Waals surface area contributed by atoms with E-state index in [1.165, 1.54) is 32.5 Å². The minimum atomic E-state index is -0.905. The van der Waals surface area contributed by atoms with Crippen molar-refractivity contribution < 1.29 is 33.3 Å². The molecule has 0 radical (unpaired) electrons. The molecule has 0 aliphatic carbocycles. The van der Waals surface area contributed by atoms with Crippen LogP contribution < -0.4 is 0 Å². The Hall–Kier alpha value is -1.28. The highest BCUT2D eigenvalue weighted by Crippen LogP contribution is 2.33. The summed E-state index contributed by atoms with van der Waals surface area (Å²) in [5.41, 5.74) is -0.500. The molecular formula is C14H22O7S. The lowest BCUT2D eigenvalue weighted by Crippen LogP contribution is -2.59. The molecule has 5 atom stereocenters. The molecule has 0 saturated carbocycles. The Morgan fingerprint density at radius 1 is 0.909 bits per heavy atom. The molecule has 22 heavy (non-hydrogen) atoms. The molecule has 8 heteroatoms. The van der Waals surface area contributed by atoms with E-state index >= 15 is 0 Å². The van der Waals surface area contributed by atoms with Gasteiger partial charge in [-0.05, 0) is 12.7 Å². The maximum Gasteiger partial charge on any atom is 0.303 e. The summed E-state index contributed by atoms with van der Waals surface area (Å²) in [6.07, 6.45) is -3.08. The standard InChI is InChI=1S/C14H22O7S/c1-6-22-14-13(21-10(5)17)12(20-9(4)16)11(7(2)18-14)19-8(3)15/h7,11-14H,6H2,1-5H3/t7-,11+,12+,13-,14-/m1/s1. The Morgan fingerprint density at radius 2 is 1.36 bits per heavy atom. The first-order valence-electron chi connectivity index (χ1n) is 7.05. The number of ether oxygens (including phenoxy) is 4. The SMILES string of the molecule is CCS[C@H]1O[C@H](C)[C@H](OC(C)=O)[C@H](OC(C)=O)[C@H]1OC(C)=O. The molecule has 0 bridgehead atoms. The number of hydrogen-bond donors (Lipinski definition) is 0. The molecule has 0 aromatic carbocycles. The highest BCUT2D eigenvalue weighted by atomic mass is 32.2. The maximum absolute atomic E-state index is 11.4. The van der Waals surface area contributed by atoms with Crippen molar-refractivity contribution in [2.45, 2.75) is 64.5 Å². The van der Waals surface area contributed by atoms with Crippen LogP contribution in [0.4, 0.5) is 0 Å². The summed E-state index contributed by atoms with van der Waals surface area (Å²) in [5, 5.41) is 0. The zero-order valence-corrected chi connectivity index (χ0v) is 14.2. The highest BCUT2D eigenvalue weighted by molar-refractivity contribution is 7.99. The van der Waals surface area contributed by atoms with Crippen molar-refractivity contribution in [3.05, 3.63) is 0 Å². The van der Waals surface area contributed by atoms with Crippen LogP contribution in [-0.2, 0) is 33.3 Å². The van der Waals surface area contributed by atoms with E-state index in [1.54, 1.807) is 6.92 Å². The molecule has 1 aliphatic rings. The normalized spacial score (nSPS) is 31.2. The van der Waals surface area contributed by atoms with E-state index in [2.05, 4.69) is 0 Å². The molecule has 126 valence electrons. The van der Waals surface area contributed by atoms with E-state index in [9.17, 15) is 14.4 Å². The molecular weight excluding hydrogens is 312 g/mol. The van der Waals surface area contributed by atoms with Gasteiger partial charge in [-0.1, -0.05) is 6.92 Å². The average Bonchev–Trinajstić information content (AvgIpc) is 2.37. The van der Waals surface area contributed by atoms with Crippen LogP contribution in [0.3, 0.4) is 0 Å². The fraction of sp³-hybridized carbons (Fsp3) is 0.786. The van der Waals surface area contributed by atoms with Crippen molar-refractivity contribution in [1.82, 2.24) is 0 Å². The quantitative estimate of drug-likeness (QED) is 0.549. The molecule has 0 unspecified atom stereocenters. The lowest BCUT2D eigenvalue weighted by molar-refractivity contribution is -0.228. The molecule has 1 rings (SSSR count). The van der Waals surface area contributed by atoms with E-state index in [0.29, 0.717) is 0 Å². The van der Waals surface area contributed by atoms with Gasteiger partial charge in [0.25, 0.3) is 0 Å². The van der Waals surface area contributed by atoms with Crippen molar-refractivity contribution in [1.29, 1.82) is 0 Å². The summed E-state index contributed by atoms with van der Waals surface area (Å²) in [6, 6.07) is 0. The fourth-order valence-electron chi connectivity index (χ4n) is 2.27. The zero-order chi connectivity index (χ0) is 16.9. The molecule has 1 fully saturated rings. The van der Waals surface area contributed by atoms with Gasteiger partial charge in [0, 0.05) is 20.8 Å². The van der Waals surface area contributed by atoms with Gasteiger partial charge in [0.1, 0.15) is 5.44 Å². The highest BCUT2D eigenvalue weighted by Gasteiger charge is 2.50. The van der Waals surface area contributed by atoms with Crippen molar-refractivity contribution in [3.63, 3.8) is 0 Å². The summed E-state index contributed by atoms with van der Waals surface area (Å²) in [5.74, 6) is -0.877. The first-order chi connectivity index (χ1) is 10.3. The Kier molecular flexibility index (Phi) is 7.15. The Balaban J connectivity index is 3.09. The average molecular weight is 334 g/mol. The van der Waals surface area contributed by atoms with Gasteiger partial charge >= 0.3 is 17.9 Å². The molecule has 0 aromatic rings. The van der Waals surface area contributed by atoms with Crippen LogP contribution in [0, 0.1) is 0 Å². The van der Waals surface area contributed by atoms with Crippen LogP contribution in [-0.4, -0.2) is 53.5 Å². The van der Waals surface area contributed by atoms with E-state index in [4.69, 9.17) is 18.9 Å². The monoisotopic (exact) mass is 334 g/mol. The van der Waals surface area contributed by atoms with Crippen LogP contribution in [0.15, 0.2) is 0 Å². The lowest BCUT2D eigenvalue weighted by Gasteiger charge is -2.43. The number of rotatable bonds is 5. The van der Waals surface area contributed by atoms with E-state index in [1.807, 2.05) is 6.92 Å². The van der Waals surface area contributed by atoms with E-state index in [-0.39, 0.29) is 0 Å². The summed E-state index contributed by atoms with van der Waals surface area (Å²) < 4.78 is 21.6. The zero-order valence-electron chi connectivity index (χ0n) is 13.4. The number of carbonyl (C=O) groups is 3. The van der Waals surface area contributed by atoms with Crippen molar-refractivity contribution in [2.24, 2.45) is 0 Å². The molecule has 0 aromatic heterocycles. The number of hydrogen-bond acceptors (Lipinski definition) is 8. The number of esters is 3. The molecule has 0 amide bonds. The van der Waals surface area contributed by atoms with Crippen LogP contribution in [0.5, 0.6) is 0 Å². The molecule has 1 heterocycles. The number of carbonyl (C=O) groups excluding carboxylic acids is 3. The first kappa shape index (κ1) is 18.8. The van der Waals surface area contributed by atoms with Crippen LogP contribution in [0.2, 0.25) is 0 Å². The predicted octanol–water partition coefficient (Wildman–Crippen LogP) is 1.28. The van der Waals surface area contributed by atoms with Crippen molar-refractivity contribution >= 4 is 29.7 Å². The smallest absolute Gasteiger partial charge is 0.303 e. The van der Waals surface area contributed by atoms with Gasteiger partial charge in [-0.25, -0.2) is 0 Å². The molecule has 1 saturated heterocycles. The Labute approximate surface area is 134 Å². The fourth-order valence-corrected chi connectivity index (χ4v) is 3.25. The van der Waals surface area contributed by atoms with Gasteiger partial charge < -0.3 is 18.9 Å².